The number of nitrogens with one attached hydrogen (secondary N) is 3. The molecule has 35 heavy (non-hydrogen) atoms. The quantitative estimate of drug-likeness (QED) is 0.376. The number of hydrogen-bond donors (Lipinski definition) is 4. The maximum Gasteiger partial charge on any atom is 0.255 e. The molecule has 2 aliphatic rings. The summed E-state index contributed by atoms with van der Waals surface area (Å²) in [6.45, 7) is 3.80. The van der Waals surface area contributed by atoms with Crippen molar-refractivity contribution < 1.29 is 18.7 Å². The van der Waals surface area contributed by atoms with Crippen LogP contribution in [0.1, 0.15) is 17.7 Å². The van der Waals surface area contributed by atoms with Crippen molar-refractivity contribution in [3.8, 4) is 5.75 Å². The van der Waals surface area contributed by atoms with Gasteiger partial charge in [0.2, 0.25) is 0 Å². The summed E-state index contributed by atoms with van der Waals surface area (Å²) < 4.78 is 26.3. The molecule has 2 aromatic heterocycles. The molecule has 3 N–H and O–H groups in total. The second-order valence-corrected chi connectivity index (χ2v) is 9.22. The van der Waals surface area contributed by atoms with Crippen LogP contribution in [0.2, 0.25) is 0 Å². The molecule has 1 fully saturated rings. The van der Waals surface area contributed by atoms with Gasteiger partial charge in [-0.25, -0.2) is 4.39 Å². The number of fused-ring (bicyclic) bond motifs is 1. The number of pyridine rings is 1. The number of aromatic nitrogens is 2. The Morgan fingerprint density at radius 1 is 1.37 bits per heavy atom. The van der Waals surface area contributed by atoms with Crippen molar-refractivity contribution in [1.82, 2.24) is 25.5 Å². The highest BCUT2D eigenvalue weighted by atomic mass is 32.1. The molecule has 8 nitrogen and oxygen atoms in total. The molecule has 3 aromatic rings. The Morgan fingerprint density at radius 3 is 3.09 bits per heavy atom. The number of carbonyl (C=O) groups excluding carboxylic acids is 1. The lowest BCUT2D eigenvalue weighted by atomic mass is 10.0. The minimum Gasteiger partial charge on any atom is -0.489 e. The van der Waals surface area contributed by atoms with Crippen LogP contribution in [0, 0.1) is 5.82 Å². The van der Waals surface area contributed by atoms with Crippen molar-refractivity contribution in [3.63, 3.8) is 0 Å². The Morgan fingerprint density at radius 2 is 2.26 bits per heavy atom. The zero-order valence-corrected chi connectivity index (χ0v) is 20.3. The summed E-state index contributed by atoms with van der Waals surface area (Å²) in [7, 11) is 2.07. The van der Waals surface area contributed by atoms with Crippen molar-refractivity contribution >= 4 is 35.0 Å². The standard InChI is InChI=1S/C25H28FN5O3S/c1-31-9-10-33-16(13-31)14-34-20-12-27-7-5-15(20)11-29-18-6-8-28-25(32)22(18)23-24(35)21-17(26)3-2-4-19(21)30-23/h2-5,7,12,16,29-30,35H,6,8-11,13-14H2,1H3,(H,28,32). The van der Waals surface area contributed by atoms with Gasteiger partial charge in [-0.2, -0.15) is 0 Å². The third-order valence-corrected chi connectivity index (χ3v) is 6.76. The smallest absolute Gasteiger partial charge is 0.255 e. The minimum atomic E-state index is -0.381. The first-order valence-corrected chi connectivity index (χ1v) is 12.1. The van der Waals surface area contributed by atoms with E-state index in [4.69, 9.17) is 9.47 Å². The van der Waals surface area contributed by atoms with E-state index >= 15 is 0 Å². The van der Waals surface area contributed by atoms with Crippen LogP contribution in [0.15, 0.2) is 47.3 Å². The largest absolute Gasteiger partial charge is 0.489 e. The molecule has 1 unspecified atom stereocenters. The zero-order valence-electron chi connectivity index (χ0n) is 19.4. The number of morpholine rings is 1. The number of benzene rings is 1. The van der Waals surface area contributed by atoms with Gasteiger partial charge in [0.1, 0.15) is 24.3 Å². The molecule has 0 radical (unpaired) electrons. The molecule has 10 heteroatoms. The predicted molar refractivity (Wildman–Crippen MR) is 134 cm³/mol. The maximum atomic E-state index is 14.4. The summed E-state index contributed by atoms with van der Waals surface area (Å²) in [6, 6.07) is 6.67. The van der Waals surface area contributed by atoms with Crippen LogP contribution in [-0.2, 0) is 16.1 Å². The fraction of sp³-hybridized carbons (Fsp3) is 0.360. The maximum absolute atomic E-state index is 14.4. The molecule has 0 bridgehead atoms. The Hall–Kier alpha value is -3.08. The van der Waals surface area contributed by atoms with E-state index in [0.29, 0.717) is 65.5 Å². The van der Waals surface area contributed by atoms with E-state index < -0.39 is 0 Å². The second kappa shape index (κ2) is 10.3. The Kier molecular flexibility index (Phi) is 6.94. The van der Waals surface area contributed by atoms with Crippen LogP contribution < -0.4 is 15.4 Å². The highest BCUT2D eigenvalue weighted by Gasteiger charge is 2.27. The van der Waals surface area contributed by atoms with E-state index in [1.165, 1.54) is 6.07 Å². The Balaban J connectivity index is 1.38. The van der Waals surface area contributed by atoms with E-state index in [9.17, 15) is 9.18 Å². The fourth-order valence-corrected chi connectivity index (χ4v) is 4.89. The van der Waals surface area contributed by atoms with Crippen molar-refractivity contribution in [3.05, 3.63) is 59.4 Å². The molecular weight excluding hydrogens is 469 g/mol. The van der Waals surface area contributed by atoms with Gasteiger partial charge in [0, 0.05) is 65.9 Å². The topological polar surface area (TPSA) is 91.5 Å². The van der Waals surface area contributed by atoms with E-state index in [-0.39, 0.29) is 17.8 Å². The lowest BCUT2D eigenvalue weighted by molar-refractivity contribution is -0.115. The third kappa shape index (κ3) is 5.00. The lowest BCUT2D eigenvalue weighted by Gasteiger charge is -2.30. The number of carbonyl (C=O) groups is 1. The molecule has 1 amide bonds. The Labute approximate surface area is 208 Å². The van der Waals surface area contributed by atoms with Crippen LogP contribution in [-0.4, -0.2) is 66.8 Å². The van der Waals surface area contributed by atoms with Crippen molar-refractivity contribution in [2.24, 2.45) is 0 Å². The van der Waals surface area contributed by atoms with Gasteiger partial charge in [-0.15, -0.1) is 12.6 Å². The molecule has 0 spiro atoms. The summed E-state index contributed by atoms with van der Waals surface area (Å²) in [4.78, 5) is 22.9. The van der Waals surface area contributed by atoms with Crippen molar-refractivity contribution in [1.29, 1.82) is 0 Å². The minimum absolute atomic E-state index is 0.00216. The molecular formula is C25H28FN5O3S. The van der Waals surface area contributed by atoms with Gasteiger partial charge in [0.15, 0.2) is 0 Å². The van der Waals surface area contributed by atoms with Crippen LogP contribution in [0.25, 0.3) is 16.5 Å². The number of H-pyrrole nitrogens is 1. The average Bonchev–Trinajstić information content (AvgIpc) is 3.19. The summed E-state index contributed by atoms with van der Waals surface area (Å²) in [5, 5.41) is 6.66. The predicted octanol–water partition coefficient (Wildman–Crippen LogP) is 2.72. The average molecular weight is 498 g/mol. The molecule has 2 aliphatic heterocycles. The SMILES string of the molecule is CN1CCOC(COc2cnccc2CNC2=C(c3[nH]c4cccc(F)c4c3S)C(=O)NCC2)C1. The fourth-order valence-electron chi connectivity index (χ4n) is 4.50. The molecule has 1 saturated heterocycles. The molecule has 4 heterocycles. The molecule has 5 rings (SSSR count). The zero-order chi connectivity index (χ0) is 24.4. The van der Waals surface area contributed by atoms with E-state index in [0.717, 1.165) is 24.4 Å². The Bertz CT molecular complexity index is 1280. The van der Waals surface area contributed by atoms with Gasteiger partial charge < -0.3 is 30.0 Å². The number of nitrogens with zero attached hydrogens (tertiary/aromatic N) is 2. The van der Waals surface area contributed by atoms with Gasteiger partial charge in [-0.1, -0.05) is 6.07 Å². The van der Waals surface area contributed by atoms with Gasteiger partial charge in [-0.3, -0.25) is 9.78 Å². The van der Waals surface area contributed by atoms with Crippen LogP contribution in [0.4, 0.5) is 4.39 Å². The molecule has 1 atom stereocenters. The number of ether oxygens (including phenoxy) is 2. The number of halogens is 1. The number of likely N-dealkylation sites (N-methyl/N-ethyl adjacent to an activating group) is 1. The first-order valence-electron chi connectivity index (χ1n) is 11.6. The summed E-state index contributed by atoms with van der Waals surface area (Å²) >= 11 is 4.56. The van der Waals surface area contributed by atoms with E-state index in [1.807, 2.05) is 6.07 Å². The van der Waals surface area contributed by atoms with Crippen molar-refractivity contribution in [2.75, 3.05) is 39.9 Å². The van der Waals surface area contributed by atoms with Gasteiger partial charge in [0.05, 0.1) is 24.1 Å². The van der Waals surface area contributed by atoms with E-state index in [2.05, 4.69) is 45.2 Å². The van der Waals surface area contributed by atoms with Gasteiger partial charge >= 0.3 is 0 Å². The molecule has 0 saturated carbocycles. The first kappa shape index (κ1) is 23.7. The number of aromatic amines is 1. The number of thiol groups is 1. The highest BCUT2D eigenvalue weighted by Crippen LogP contribution is 2.34. The van der Waals surface area contributed by atoms with Crippen LogP contribution in [0.5, 0.6) is 5.75 Å². The normalized spacial score (nSPS) is 19.2. The van der Waals surface area contributed by atoms with E-state index in [1.54, 1.807) is 24.5 Å². The van der Waals surface area contributed by atoms with Crippen molar-refractivity contribution in [2.45, 2.75) is 24.0 Å². The number of rotatable bonds is 7. The summed E-state index contributed by atoms with van der Waals surface area (Å²) in [6.07, 6.45) is 4.01. The lowest BCUT2D eigenvalue weighted by Crippen LogP contribution is -2.42. The molecule has 0 aliphatic carbocycles. The summed E-state index contributed by atoms with van der Waals surface area (Å²) in [5.74, 6) is 0.0561. The number of amides is 1. The molecule has 184 valence electrons. The van der Waals surface area contributed by atoms with Gasteiger partial charge in [0.25, 0.3) is 5.91 Å². The third-order valence-electron chi connectivity index (χ3n) is 6.32. The first-order chi connectivity index (χ1) is 17.0. The van der Waals surface area contributed by atoms with Crippen LogP contribution >= 0.6 is 12.6 Å². The summed E-state index contributed by atoms with van der Waals surface area (Å²) in [5.41, 5.74) is 3.20. The number of hydrogen-bond acceptors (Lipinski definition) is 7. The second-order valence-electron chi connectivity index (χ2n) is 8.77. The van der Waals surface area contributed by atoms with Crippen LogP contribution in [0.3, 0.4) is 0 Å². The molecule has 1 aromatic carbocycles. The monoisotopic (exact) mass is 497 g/mol. The highest BCUT2D eigenvalue weighted by molar-refractivity contribution is 7.80. The van der Waals surface area contributed by atoms with Gasteiger partial charge in [-0.05, 0) is 25.2 Å².